The summed E-state index contributed by atoms with van der Waals surface area (Å²) in [5.74, 6) is 0.175. The van der Waals surface area contributed by atoms with Crippen LogP contribution in [0.3, 0.4) is 0 Å². The summed E-state index contributed by atoms with van der Waals surface area (Å²) in [6.45, 7) is 0. The van der Waals surface area contributed by atoms with E-state index >= 15 is 0 Å². The molecule has 66 valence electrons. The lowest BCUT2D eigenvalue weighted by atomic mass is 10.2. The van der Waals surface area contributed by atoms with Gasteiger partial charge in [0.1, 0.15) is 5.75 Å². The van der Waals surface area contributed by atoms with Crippen LogP contribution in [0, 0.1) is 3.70 Å². The molecule has 0 bridgehead atoms. The molecule has 1 aromatic heterocycles. The second kappa shape index (κ2) is 3.02. The molecule has 0 saturated heterocycles. The number of rotatable bonds is 0. The third-order valence-corrected chi connectivity index (χ3v) is 2.38. The average molecular weight is 287 g/mol. The fourth-order valence-corrected chi connectivity index (χ4v) is 1.81. The molecule has 0 aliphatic rings. The third-order valence-electron chi connectivity index (χ3n) is 1.79. The molecule has 2 N–H and O–H groups in total. The molecule has 13 heavy (non-hydrogen) atoms. The van der Waals surface area contributed by atoms with Crippen LogP contribution in [0.2, 0.25) is 0 Å². The highest BCUT2D eigenvalue weighted by molar-refractivity contribution is 14.1. The fraction of sp³-hybridized carbons (Fsp3) is 0. The van der Waals surface area contributed by atoms with Gasteiger partial charge in [-0.2, -0.15) is 0 Å². The molecule has 2 rings (SSSR count). The van der Waals surface area contributed by atoms with E-state index in [9.17, 15) is 9.90 Å². The minimum Gasteiger partial charge on any atom is -0.508 e. The Balaban J connectivity index is 2.95. The summed E-state index contributed by atoms with van der Waals surface area (Å²) < 4.78 is 0.765. The maximum absolute atomic E-state index is 11.4. The summed E-state index contributed by atoms with van der Waals surface area (Å²) in [5.41, 5.74) is -0.123. The van der Waals surface area contributed by atoms with E-state index in [0.29, 0.717) is 5.39 Å². The molecular formula is C9H6INO2. The summed E-state index contributed by atoms with van der Waals surface area (Å²) in [6.07, 6.45) is 0. The second-order valence-corrected chi connectivity index (χ2v) is 3.88. The first kappa shape index (κ1) is 8.55. The Morgan fingerprint density at radius 3 is 2.85 bits per heavy atom. The van der Waals surface area contributed by atoms with E-state index in [4.69, 9.17) is 0 Å². The fourth-order valence-electron chi connectivity index (χ4n) is 1.22. The number of halogens is 1. The predicted octanol–water partition coefficient (Wildman–Crippen LogP) is 1.84. The van der Waals surface area contributed by atoms with E-state index in [1.165, 1.54) is 6.07 Å². The molecule has 1 heterocycles. The summed E-state index contributed by atoms with van der Waals surface area (Å²) in [7, 11) is 0. The smallest absolute Gasteiger partial charge is 0.256 e. The van der Waals surface area contributed by atoms with Crippen LogP contribution in [0.15, 0.2) is 29.1 Å². The number of benzene rings is 1. The SMILES string of the molecule is O=c1[nH]c(I)cc2cc(O)ccc12. The molecule has 4 heteroatoms. The van der Waals surface area contributed by atoms with Crippen LogP contribution < -0.4 is 5.56 Å². The Bertz CT molecular complexity index is 513. The number of aromatic nitrogens is 1. The number of nitrogens with one attached hydrogen (secondary N) is 1. The number of aromatic hydroxyl groups is 1. The first-order valence-corrected chi connectivity index (χ1v) is 4.76. The number of H-pyrrole nitrogens is 1. The number of hydrogen-bond acceptors (Lipinski definition) is 2. The van der Waals surface area contributed by atoms with Crippen molar-refractivity contribution in [3.05, 3.63) is 38.3 Å². The Labute approximate surface area is 87.6 Å². The van der Waals surface area contributed by atoms with Crippen LogP contribution in [0.25, 0.3) is 10.8 Å². The van der Waals surface area contributed by atoms with Crippen molar-refractivity contribution in [2.24, 2.45) is 0 Å². The second-order valence-electron chi connectivity index (χ2n) is 2.72. The summed E-state index contributed by atoms with van der Waals surface area (Å²) >= 11 is 2.03. The molecule has 0 fully saturated rings. The van der Waals surface area contributed by atoms with Crippen molar-refractivity contribution in [1.82, 2.24) is 4.98 Å². The predicted molar refractivity (Wildman–Crippen MR) is 59.0 cm³/mol. The van der Waals surface area contributed by atoms with Crippen LogP contribution in [0.4, 0.5) is 0 Å². The molecule has 0 saturated carbocycles. The number of phenolic OH excluding ortho intramolecular Hbond substituents is 1. The lowest BCUT2D eigenvalue weighted by Gasteiger charge is -1.98. The molecule has 2 aromatic rings. The van der Waals surface area contributed by atoms with E-state index in [2.05, 4.69) is 4.98 Å². The number of hydrogen-bond donors (Lipinski definition) is 2. The zero-order valence-electron chi connectivity index (χ0n) is 6.54. The van der Waals surface area contributed by atoms with E-state index in [1.54, 1.807) is 12.1 Å². The molecule has 1 aromatic carbocycles. The highest BCUT2D eigenvalue weighted by Crippen LogP contribution is 2.17. The van der Waals surface area contributed by atoms with Gasteiger partial charge >= 0.3 is 0 Å². The first-order chi connectivity index (χ1) is 6.16. The quantitative estimate of drug-likeness (QED) is 0.574. The molecule has 0 unspecified atom stereocenters. The number of aromatic amines is 1. The van der Waals surface area contributed by atoms with E-state index in [0.717, 1.165) is 9.09 Å². The minimum atomic E-state index is -0.123. The summed E-state index contributed by atoms with van der Waals surface area (Å²) in [6, 6.07) is 6.51. The topological polar surface area (TPSA) is 53.1 Å². The first-order valence-electron chi connectivity index (χ1n) is 3.68. The van der Waals surface area contributed by atoms with E-state index in [1.807, 2.05) is 28.7 Å². The van der Waals surface area contributed by atoms with Gasteiger partial charge in [-0.25, -0.2) is 0 Å². The maximum atomic E-state index is 11.4. The van der Waals surface area contributed by atoms with Crippen molar-refractivity contribution < 1.29 is 5.11 Å². The highest BCUT2D eigenvalue weighted by Gasteiger charge is 2.00. The van der Waals surface area contributed by atoms with Crippen LogP contribution in [-0.4, -0.2) is 10.1 Å². The van der Waals surface area contributed by atoms with Crippen molar-refractivity contribution in [3.63, 3.8) is 0 Å². The normalized spacial score (nSPS) is 10.5. The highest BCUT2D eigenvalue weighted by atomic mass is 127. The van der Waals surface area contributed by atoms with Crippen molar-refractivity contribution in [2.45, 2.75) is 0 Å². The van der Waals surface area contributed by atoms with Crippen molar-refractivity contribution in [2.75, 3.05) is 0 Å². The molecule has 0 amide bonds. The van der Waals surface area contributed by atoms with Crippen molar-refractivity contribution >= 4 is 33.4 Å². The van der Waals surface area contributed by atoms with Crippen LogP contribution in [-0.2, 0) is 0 Å². The van der Waals surface area contributed by atoms with Gasteiger partial charge in [-0.15, -0.1) is 0 Å². The van der Waals surface area contributed by atoms with Gasteiger partial charge in [0.25, 0.3) is 5.56 Å². The molecule has 0 radical (unpaired) electrons. The van der Waals surface area contributed by atoms with Gasteiger partial charge in [0.15, 0.2) is 0 Å². The van der Waals surface area contributed by atoms with Gasteiger partial charge in [-0.1, -0.05) is 0 Å². The van der Waals surface area contributed by atoms with Crippen LogP contribution >= 0.6 is 22.6 Å². The lowest BCUT2D eigenvalue weighted by Crippen LogP contribution is -2.06. The zero-order chi connectivity index (χ0) is 9.42. The van der Waals surface area contributed by atoms with Crippen molar-refractivity contribution in [3.8, 4) is 5.75 Å². The van der Waals surface area contributed by atoms with E-state index in [-0.39, 0.29) is 11.3 Å². The third kappa shape index (κ3) is 1.53. The molecule has 0 atom stereocenters. The molecular weight excluding hydrogens is 281 g/mol. The van der Waals surface area contributed by atoms with Gasteiger partial charge in [0.2, 0.25) is 0 Å². The number of fused-ring (bicyclic) bond motifs is 1. The van der Waals surface area contributed by atoms with Gasteiger partial charge < -0.3 is 10.1 Å². The van der Waals surface area contributed by atoms with E-state index < -0.39 is 0 Å². The summed E-state index contributed by atoms with van der Waals surface area (Å²) in [5, 5.41) is 10.6. The largest absolute Gasteiger partial charge is 0.508 e. The Morgan fingerprint density at radius 1 is 1.31 bits per heavy atom. The minimum absolute atomic E-state index is 0.123. The zero-order valence-corrected chi connectivity index (χ0v) is 8.70. The van der Waals surface area contributed by atoms with Crippen LogP contribution in [0.1, 0.15) is 0 Å². The Morgan fingerprint density at radius 2 is 2.08 bits per heavy atom. The number of pyridine rings is 1. The molecule has 3 nitrogen and oxygen atoms in total. The summed E-state index contributed by atoms with van der Waals surface area (Å²) in [4.78, 5) is 14.1. The van der Waals surface area contributed by atoms with Crippen molar-refractivity contribution in [1.29, 1.82) is 0 Å². The van der Waals surface area contributed by atoms with Gasteiger partial charge in [0, 0.05) is 5.39 Å². The Kier molecular flexibility index (Phi) is 1.99. The maximum Gasteiger partial charge on any atom is 0.256 e. The number of phenols is 1. The monoisotopic (exact) mass is 287 g/mol. The van der Waals surface area contributed by atoms with Gasteiger partial charge in [-0.05, 0) is 52.2 Å². The molecule has 0 aliphatic carbocycles. The average Bonchev–Trinajstić information content (AvgIpc) is 2.02. The van der Waals surface area contributed by atoms with Crippen LogP contribution in [0.5, 0.6) is 5.75 Å². The van der Waals surface area contributed by atoms with Gasteiger partial charge in [0.05, 0.1) is 3.70 Å². The molecule has 0 aliphatic heterocycles. The molecule has 0 spiro atoms. The standard InChI is InChI=1S/C9H6INO2/c10-8-4-5-3-6(12)1-2-7(5)9(13)11-8/h1-4,12H,(H,11,13). The van der Waals surface area contributed by atoms with Gasteiger partial charge in [-0.3, -0.25) is 4.79 Å². The Hall–Kier alpha value is -1.04. The lowest BCUT2D eigenvalue weighted by molar-refractivity contribution is 0.476.